The highest BCUT2D eigenvalue weighted by molar-refractivity contribution is 9.10. The fourth-order valence-electron chi connectivity index (χ4n) is 2.05. The van der Waals surface area contributed by atoms with Gasteiger partial charge in [-0.15, -0.1) is 0 Å². The fourth-order valence-corrected chi connectivity index (χ4v) is 3.50. The van der Waals surface area contributed by atoms with Gasteiger partial charge in [0.05, 0.1) is 4.90 Å². The molecule has 0 spiro atoms. The number of benzene rings is 2. The van der Waals surface area contributed by atoms with E-state index in [0.29, 0.717) is 11.4 Å². The monoisotopic (exact) mass is 382 g/mol. The lowest BCUT2D eigenvalue weighted by Crippen LogP contribution is -2.22. The average molecular weight is 383 g/mol. The maximum atomic E-state index is 12.2. The first kappa shape index (κ1) is 17.0. The Morgan fingerprint density at radius 3 is 2.50 bits per heavy atom. The van der Waals surface area contributed by atoms with Crippen LogP contribution in [-0.2, 0) is 16.6 Å². The minimum Gasteiger partial charge on any atom is -0.381 e. The van der Waals surface area contributed by atoms with E-state index in [2.05, 4.69) is 21.2 Å². The highest BCUT2D eigenvalue weighted by Crippen LogP contribution is 2.21. The molecule has 0 unspecified atom stereocenters. The van der Waals surface area contributed by atoms with E-state index in [0.717, 1.165) is 21.3 Å². The van der Waals surface area contributed by atoms with Gasteiger partial charge in [-0.25, -0.2) is 12.7 Å². The number of halogens is 1. The first-order chi connectivity index (χ1) is 10.3. The Labute approximate surface area is 140 Å². The molecule has 0 fully saturated rings. The standard InChI is InChI=1S/C16H19BrN2O2S/c1-12-9-14(17)7-8-16(12)18-11-13-5-4-6-15(10-13)22(20,21)19(2)3/h4-10,18H,11H2,1-3H3. The van der Waals surface area contributed by atoms with Gasteiger partial charge in [0.1, 0.15) is 0 Å². The summed E-state index contributed by atoms with van der Waals surface area (Å²) >= 11 is 3.44. The third-order valence-corrected chi connectivity index (χ3v) is 5.65. The molecule has 4 nitrogen and oxygen atoms in total. The molecule has 0 heterocycles. The zero-order valence-electron chi connectivity index (χ0n) is 12.8. The summed E-state index contributed by atoms with van der Waals surface area (Å²) < 4.78 is 26.6. The van der Waals surface area contributed by atoms with E-state index in [1.165, 1.54) is 18.4 Å². The molecule has 0 aliphatic rings. The van der Waals surface area contributed by atoms with Crippen molar-refractivity contribution in [1.29, 1.82) is 0 Å². The molecule has 2 aromatic carbocycles. The summed E-state index contributed by atoms with van der Waals surface area (Å²) in [6.45, 7) is 2.60. The molecule has 2 aromatic rings. The van der Waals surface area contributed by atoms with Crippen LogP contribution in [0.2, 0.25) is 0 Å². The molecule has 118 valence electrons. The van der Waals surface area contributed by atoms with E-state index >= 15 is 0 Å². The summed E-state index contributed by atoms with van der Waals surface area (Å²) in [7, 11) is -0.330. The van der Waals surface area contributed by atoms with Crippen LogP contribution >= 0.6 is 15.9 Å². The normalized spacial score (nSPS) is 11.7. The fraction of sp³-hybridized carbons (Fsp3) is 0.250. The van der Waals surface area contributed by atoms with E-state index in [9.17, 15) is 8.42 Å². The molecule has 0 aromatic heterocycles. The number of hydrogen-bond donors (Lipinski definition) is 1. The molecule has 0 aliphatic heterocycles. The molecule has 0 amide bonds. The van der Waals surface area contributed by atoms with Crippen LogP contribution < -0.4 is 5.32 Å². The summed E-state index contributed by atoms with van der Waals surface area (Å²) in [4.78, 5) is 0.310. The van der Waals surface area contributed by atoms with Crippen LogP contribution in [0.3, 0.4) is 0 Å². The van der Waals surface area contributed by atoms with Crippen molar-refractivity contribution in [2.24, 2.45) is 0 Å². The summed E-state index contributed by atoms with van der Waals surface area (Å²) in [6, 6.07) is 13.0. The van der Waals surface area contributed by atoms with Crippen LogP contribution in [-0.4, -0.2) is 26.8 Å². The van der Waals surface area contributed by atoms with Gasteiger partial charge >= 0.3 is 0 Å². The van der Waals surface area contributed by atoms with Gasteiger partial charge in [0.2, 0.25) is 10.0 Å². The van der Waals surface area contributed by atoms with Crippen molar-refractivity contribution in [3.63, 3.8) is 0 Å². The van der Waals surface area contributed by atoms with Crippen LogP contribution in [0.1, 0.15) is 11.1 Å². The van der Waals surface area contributed by atoms with Crippen LogP contribution in [0.15, 0.2) is 51.8 Å². The highest BCUT2D eigenvalue weighted by Gasteiger charge is 2.17. The first-order valence-electron chi connectivity index (χ1n) is 6.82. The molecule has 0 radical (unpaired) electrons. The van der Waals surface area contributed by atoms with E-state index in [4.69, 9.17) is 0 Å². The average Bonchev–Trinajstić information content (AvgIpc) is 2.46. The van der Waals surface area contributed by atoms with Crippen LogP contribution in [0.25, 0.3) is 0 Å². The van der Waals surface area contributed by atoms with Crippen molar-refractivity contribution < 1.29 is 8.42 Å². The minimum atomic E-state index is -3.40. The van der Waals surface area contributed by atoms with Gasteiger partial charge in [-0.1, -0.05) is 28.1 Å². The topological polar surface area (TPSA) is 49.4 Å². The molecule has 0 saturated heterocycles. The van der Waals surface area contributed by atoms with Gasteiger partial charge < -0.3 is 5.32 Å². The number of rotatable bonds is 5. The van der Waals surface area contributed by atoms with Crippen molar-refractivity contribution >= 4 is 31.6 Å². The number of anilines is 1. The molecule has 0 atom stereocenters. The number of nitrogens with zero attached hydrogens (tertiary/aromatic N) is 1. The lowest BCUT2D eigenvalue weighted by molar-refractivity contribution is 0.520. The van der Waals surface area contributed by atoms with Crippen LogP contribution in [0.5, 0.6) is 0 Å². The maximum absolute atomic E-state index is 12.2. The number of sulfonamides is 1. The summed E-state index contributed by atoms with van der Waals surface area (Å²) in [5.41, 5.74) is 3.08. The van der Waals surface area contributed by atoms with Gasteiger partial charge in [0.25, 0.3) is 0 Å². The van der Waals surface area contributed by atoms with Crippen molar-refractivity contribution in [2.75, 3.05) is 19.4 Å². The van der Waals surface area contributed by atoms with Gasteiger partial charge in [-0.05, 0) is 48.4 Å². The lowest BCUT2D eigenvalue weighted by Gasteiger charge is -2.13. The number of aryl methyl sites for hydroxylation is 1. The summed E-state index contributed by atoms with van der Waals surface area (Å²) in [5.74, 6) is 0. The van der Waals surface area contributed by atoms with Crippen molar-refractivity contribution in [3.8, 4) is 0 Å². The second-order valence-corrected chi connectivity index (χ2v) is 8.32. The Kier molecular flexibility index (Phi) is 5.26. The number of hydrogen-bond acceptors (Lipinski definition) is 3. The van der Waals surface area contributed by atoms with E-state index < -0.39 is 10.0 Å². The molecular weight excluding hydrogens is 364 g/mol. The maximum Gasteiger partial charge on any atom is 0.242 e. The second kappa shape index (κ2) is 6.81. The van der Waals surface area contributed by atoms with Gasteiger partial charge in [-0.2, -0.15) is 0 Å². The van der Waals surface area contributed by atoms with E-state index in [1.807, 2.05) is 31.2 Å². The van der Waals surface area contributed by atoms with Crippen LogP contribution in [0.4, 0.5) is 5.69 Å². The van der Waals surface area contributed by atoms with Crippen molar-refractivity contribution in [3.05, 3.63) is 58.1 Å². The molecule has 22 heavy (non-hydrogen) atoms. The zero-order chi connectivity index (χ0) is 16.3. The minimum absolute atomic E-state index is 0.310. The van der Waals surface area contributed by atoms with Gasteiger partial charge in [0.15, 0.2) is 0 Å². The Morgan fingerprint density at radius 2 is 1.86 bits per heavy atom. The summed E-state index contributed by atoms with van der Waals surface area (Å²) in [6.07, 6.45) is 0. The predicted octanol–water partition coefficient (Wildman–Crippen LogP) is 3.62. The number of nitrogens with one attached hydrogen (secondary N) is 1. The molecule has 2 rings (SSSR count). The van der Waals surface area contributed by atoms with Gasteiger partial charge in [-0.3, -0.25) is 0 Å². The highest BCUT2D eigenvalue weighted by atomic mass is 79.9. The molecule has 1 N–H and O–H groups in total. The molecule has 0 aliphatic carbocycles. The Balaban J connectivity index is 2.18. The van der Waals surface area contributed by atoms with Crippen molar-refractivity contribution in [2.45, 2.75) is 18.4 Å². The quantitative estimate of drug-likeness (QED) is 0.858. The van der Waals surface area contributed by atoms with Gasteiger partial charge in [0, 0.05) is 30.8 Å². The Hall–Kier alpha value is -1.37. The molecule has 0 saturated carbocycles. The second-order valence-electron chi connectivity index (χ2n) is 5.25. The lowest BCUT2D eigenvalue weighted by atomic mass is 10.2. The van der Waals surface area contributed by atoms with Crippen molar-refractivity contribution in [1.82, 2.24) is 4.31 Å². The Bertz CT molecular complexity index is 773. The van der Waals surface area contributed by atoms with E-state index in [1.54, 1.807) is 18.2 Å². The smallest absolute Gasteiger partial charge is 0.242 e. The Morgan fingerprint density at radius 1 is 1.14 bits per heavy atom. The largest absolute Gasteiger partial charge is 0.381 e. The SMILES string of the molecule is Cc1cc(Br)ccc1NCc1cccc(S(=O)(=O)N(C)C)c1. The van der Waals surface area contributed by atoms with Crippen LogP contribution in [0, 0.1) is 6.92 Å². The third-order valence-electron chi connectivity index (χ3n) is 3.35. The first-order valence-corrected chi connectivity index (χ1v) is 9.05. The molecular formula is C16H19BrN2O2S. The zero-order valence-corrected chi connectivity index (χ0v) is 15.2. The summed E-state index contributed by atoms with van der Waals surface area (Å²) in [5, 5.41) is 3.34. The third kappa shape index (κ3) is 3.88. The molecule has 0 bridgehead atoms. The molecule has 6 heteroatoms. The predicted molar refractivity (Wildman–Crippen MR) is 93.5 cm³/mol. The van der Waals surface area contributed by atoms with E-state index in [-0.39, 0.29) is 0 Å².